The molecule has 1 fully saturated rings. The van der Waals surface area contributed by atoms with Gasteiger partial charge in [0, 0.05) is 6.54 Å². The molecule has 1 aliphatic rings. The molecule has 0 saturated heterocycles. The Bertz CT molecular complexity index is 501. The van der Waals surface area contributed by atoms with E-state index in [0.29, 0.717) is 19.3 Å². The molecule has 1 aliphatic carbocycles. The van der Waals surface area contributed by atoms with E-state index in [0.717, 1.165) is 30.4 Å². The fourth-order valence-corrected chi connectivity index (χ4v) is 2.92. The van der Waals surface area contributed by atoms with E-state index >= 15 is 0 Å². The van der Waals surface area contributed by atoms with E-state index in [1.165, 1.54) is 0 Å². The quantitative estimate of drug-likeness (QED) is 0.876. The van der Waals surface area contributed by atoms with Gasteiger partial charge in [-0.2, -0.15) is 0 Å². The highest BCUT2D eigenvalue weighted by molar-refractivity contribution is 5.80. The molecule has 2 rings (SSSR count). The second-order valence-corrected chi connectivity index (χ2v) is 6.09. The molecule has 0 aromatic heterocycles. The summed E-state index contributed by atoms with van der Waals surface area (Å²) in [5, 5.41) is 12.3. The van der Waals surface area contributed by atoms with Gasteiger partial charge in [-0.25, -0.2) is 0 Å². The second-order valence-electron chi connectivity index (χ2n) is 6.09. The molecule has 1 amide bonds. The van der Waals surface area contributed by atoms with E-state index in [1.54, 1.807) is 0 Å². The zero-order chi connectivity index (χ0) is 15.3. The molecule has 0 atom stereocenters. The molecule has 0 heterocycles. The van der Waals surface area contributed by atoms with Gasteiger partial charge in [0.05, 0.1) is 11.8 Å². The molecule has 1 saturated carbocycles. The van der Waals surface area contributed by atoms with Crippen LogP contribution in [0, 0.1) is 12.3 Å². The summed E-state index contributed by atoms with van der Waals surface area (Å²) < 4.78 is 0. The number of benzene rings is 1. The van der Waals surface area contributed by atoms with Gasteiger partial charge in [0.1, 0.15) is 0 Å². The van der Waals surface area contributed by atoms with Crippen molar-refractivity contribution in [3.63, 3.8) is 0 Å². The van der Waals surface area contributed by atoms with Crippen molar-refractivity contribution in [2.24, 2.45) is 5.41 Å². The van der Waals surface area contributed by atoms with Crippen molar-refractivity contribution in [1.29, 1.82) is 0 Å². The zero-order valence-corrected chi connectivity index (χ0v) is 12.5. The summed E-state index contributed by atoms with van der Waals surface area (Å²) in [6.45, 7) is 2.25. The lowest BCUT2D eigenvalue weighted by molar-refractivity contribution is -0.151. The van der Waals surface area contributed by atoms with Crippen LogP contribution in [-0.2, 0) is 16.0 Å². The molecule has 0 unspecified atom stereocenters. The van der Waals surface area contributed by atoms with Gasteiger partial charge < -0.3 is 10.4 Å². The lowest BCUT2D eigenvalue weighted by atomic mass is 9.74. The average molecular weight is 289 g/mol. The molecule has 0 radical (unpaired) electrons. The molecule has 4 heteroatoms. The van der Waals surface area contributed by atoms with Crippen molar-refractivity contribution in [1.82, 2.24) is 5.32 Å². The Balaban J connectivity index is 1.90. The molecular formula is C17H23NO3. The number of carboxylic acids is 1. The highest BCUT2D eigenvalue weighted by Crippen LogP contribution is 2.35. The minimum Gasteiger partial charge on any atom is -0.481 e. The molecule has 114 valence electrons. The maximum atomic E-state index is 12.0. The summed E-state index contributed by atoms with van der Waals surface area (Å²) in [5.41, 5.74) is 1.35. The van der Waals surface area contributed by atoms with Gasteiger partial charge >= 0.3 is 5.97 Å². The number of carbonyl (C=O) groups excluding carboxylic acids is 1. The third kappa shape index (κ3) is 4.06. The number of aryl methyl sites for hydroxylation is 1. The van der Waals surface area contributed by atoms with Crippen LogP contribution in [0.1, 0.15) is 43.2 Å². The van der Waals surface area contributed by atoms with Gasteiger partial charge in [0.25, 0.3) is 0 Å². The Kier molecular flexibility index (Phi) is 4.99. The zero-order valence-electron chi connectivity index (χ0n) is 12.5. The predicted molar refractivity (Wildman–Crippen MR) is 81.0 cm³/mol. The van der Waals surface area contributed by atoms with Crippen LogP contribution in [0.25, 0.3) is 0 Å². The van der Waals surface area contributed by atoms with Gasteiger partial charge in [-0.3, -0.25) is 9.59 Å². The Labute approximate surface area is 125 Å². The number of rotatable bonds is 5. The lowest BCUT2D eigenvalue weighted by Gasteiger charge is -2.33. The van der Waals surface area contributed by atoms with Crippen LogP contribution in [-0.4, -0.2) is 23.5 Å². The van der Waals surface area contributed by atoms with Gasteiger partial charge in [0.15, 0.2) is 0 Å². The molecule has 1 aromatic rings. The van der Waals surface area contributed by atoms with Crippen molar-refractivity contribution in [2.45, 2.75) is 45.4 Å². The number of hydrogen-bond donors (Lipinski definition) is 2. The fraction of sp³-hybridized carbons (Fsp3) is 0.529. The predicted octanol–water partition coefficient (Wildman–Crippen LogP) is 2.69. The largest absolute Gasteiger partial charge is 0.481 e. The maximum Gasteiger partial charge on any atom is 0.311 e. The second kappa shape index (κ2) is 6.74. The maximum absolute atomic E-state index is 12.0. The van der Waals surface area contributed by atoms with Crippen molar-refractivity contribution in [3.05, 3.63) is 35.4 Å². The summed E-state index contributed by atoms with van der Waals surface area (Å²) in [6, 6.07) is 7.82. The molecule has 2 N–H and O–H groups in total. The van der Waals surface area contributed by atoms with Gasteiger partial charge in [-0.15, -0.1) is 0 Å². The third-order valence-corrected chi connectivity index (χ3v) is 4.37. The molecule has 1 aromatic carbocycles. The highest BCUT2D eigenvalue weighted by atomic mass is 16.4. The summed E-state index contributed by atoms with van der Waals surface area (Å²) in [7, 11) is 0. The van der Waals surface area contributed by atoms with E-state index in [1.807, 2.05) is 31.2 Å². The van der Waals surface area contributed by atoms with E-state index in [2.05, 4.69) is 5.32 Å². The van der Waals surface area contributed by atoms with Crippen LogP contribution in [0.3, 0.4) is 0 Å². The van der Waals surface area contributed by atoms with Crippen molar-refractivity contribution < 1.29 is 14.7 Å². The molecular weight excluding hydrogens is 266 g/mol. The summed E-state index contributed by atoms with van der Waals surface area (Å²) in [6.07, 6.45) is 4.57. The fourth-order valence-electron chi connectivity index (χ4n) is 2.92. The van der Waals surface area contributed by atoms with Crippen LogP contribution in [0.5, 0.6) is 0 Å². The molecule has 0 spiro atoms. The van der Waals surface area contributed by atoms with Gasteiger partial charge in [-0.05, 0) is 25.3 Å². The first-order valence-corrected chi connectivity index (χ1v) is 7.57. The number of carbonyl (C=O) groups is 2. The smallest absolute Gasteiger partial charge is 0.311 e. The number of nitrogens with one attached hydrogen (secondary N) is 1. The lowest BCUT2D eigenvalue weighted by Crippen LogP contribution is -2.44. The Morgan fingerprint density at radius 1 is 1.14 bits per heavy atom. The first-order chi connectivity index (χ1) is 10.0. The minimum atomic E-state index is -0.780. The number of hydrogen-bond acceptors (Lipinski definition) is 2. The number of amides is 1. The van der Waals surface area contributed by atoms with Crippen LogP contribution in [0.2, 0.25) is 0 Å². The number of aliphatic carboxylic acids is 1. The van der Waals surface area contributed by atoms with Crippen molar-refractivity contribution in [2.75, 3.05) is 6.54 Å². The van der Waals surface area contributed by atoms with Crippen molar-refractivity contribution >= 4 is 11.9 Å². The van der Waals surface area contributed by atoms with Gasteiger partial charge in [0.2, 0.25) is 5.91 Å². The topological polar surface area (TPSA) is 66.4 Å². The minimum absolute atomic E-state index is 0.106. The Hall–Kier alpha value is -1.84. The van der Waals surface area contributed by atoms with Crippen LogP contribution in [0.15, 0.2) is 24.3 Å². The van der Waals surface area contributed by atoms with E-state index in [9.17, 15) is 14.7 Å². The Morgan fingerprint density at radius 3 is 2.33 bits per heavy atom. The van der Waals surface area contributed by atoms with Crippen LogP contribution in [0.4, 0.5) is 0 Å². The van der Waals surface area contributed by atoms with Crippen LogP contribution >= 0.6 is 0 Å². The molecule has 21 heavy (non-hydrogen) atoms. The van der Waals surface area contributed by atoms with Gasteiger partial charge in [-0.1, -0.05) is 49.1 Å². The Morgan fingerprint density at radius 2 is 1.76 bits per heavy atom. The normalized spacial score (nSPS) is 17.2. The summed E-state index contributed by atoms with van der Waals surface area (Å²) >= 11 is 0. The van der Waals surface area contributed by atoms with Crippen LogP contribution < -0.4 is 5.32 Å². The molecule has 4 nitrogen and oxygen atoms in total. The third-order valence-electron chi connectivity index (χ3n) is 4.37. The first kappa shape index (κ1) is 15.5. The monoisotopic (exact) mass is 289 g/mol. The summed E-state index contributed by atoms with van der Waals surface area (Å²) in [5.74, 6) is -0.886. The SMILES string of the molecule is Cc1ccc(CC(=O)NCC2(C(=O)O)CCCCC2)cc1. The van der Waals surface area contributed by atoms with E-state index < -0.39 is 11.4 Å². The van der Waals surface area contributed by atoms with Crippen molar-refractivity contribution in [3.8, 4) is 0 Å². The highest BCUT2D eigenvalue weighted by Gasteiger charge is 2.39. The first-order valence-electron chi connectivity index (χ1n) is 7.57. The number of carboxylic acid groups (broad SMARTS) is 1. The standard InChI is InChI=1S/C17H23NO3/c1-13-5-7-14(8-6-13)11-15(19)18-12-17(16(20)21)9-3-2-4-10-17/h5-8H,2-4,9-12H2,1H3,(H,18,19)(H,20,21). The molecule has 0 bridgehead atoms. The van der Waals surface area contributed by atoms with E-state index in [4.69, 9.17) is 0 Å². The van der Waals surface area contributed by atoms with E-state index in [-0.39, 0.29) is 12.5 Å². The molecule has 0 aliphatic heterocycles. The summed E-state index contributed by atoms with van der Waals surface area (Å²) in [4.78, 5) is 23.5. The average Bonchev–Trinajstić information content (AvgIpc) is 2.48.